The standard InChI is InChI=1S/C14H15N5O2S/c1-9-8-13(18-22(2,20)21)19(17-9)12-5-3-4-11-10(12)6-7-16-14(11)15/h3-8,18H,1-2H3,(H2,15,16). The Morgan fingerprint density at radius 1 is 1.23 bits per heavy atom. The first-order chi connectivity index (χ1) is 10.3. The zero-order chi connectivity index (χ0) is 15.9. The zero-order valence-corrected chi connectivity index (χ0v) is 12.9. The van der Waals surface area contributed by atoms with Gasteiger partial charge in [0.05, 0.1) is 17.6 Å². The number of benzene rings is 1. The SMILES string of the molecule is Cc1cc(NS(C)(=O)=O)n(-c2cccc3c(N)nccc23)n1. The number of sulfonamides is 1. The third-order valence-electron chi connectivity index (χ3n) is 3.16. The molecule has 2 heterocycles. The van der Waals surface area contributed by atoms with Crippen molar-refractivity contribution in [3.8, 4) is 5.69 Å². The molecule has 0 saturated heterocycles. The molecule has 0 aliphatic carbocycles. The number of anilines is 2. The van der Waals surface area contributed by atoms with Crippen LogP contribution in [0.25, 0.3) is 16.5 Å². The quantitative estimate of drug-likeness (QED) is 0.765. The number of hydrogen-bond donors (Lipinski definition) is 2. The van der Waals surface area contributed by atoms with Crippen LogP contribution in [-0.2, 0) is 10.0 Å². The number of pyridine rings is 1. The maximum atomic E-state index is 11.5. The molecule has 0 atom stereocenters. The molecule has 0 radical (unpaired) electrons. The lowest BCUT2D eigenvalue weighted by Gasteiger charge is -2.11. The largest absolute Gasteiger partial charge is 0.383 e. The Morgan fingerprint density at radius 3 is 2.73 bits per heavy atom. The van der Waals surface area contributed by atoms with Crippen LogP contribution in [-0.4, -0.2) is 29.4 Å². The van der Waals surface area contributed by atoms with Gasteiger partial charge in [-0.25, -0.2) is 18.1 Å². The third-order valence-corrected chi connectivity index (χ3v) is 3.74. The van der Waals surface area contributed by atoms with E-state index in [-0.39, 0.29) is 0 Å². The number of aromatic nitrogens is 3. The number of nitrogens with one attached hydrogen (secondary N) is 1. The van der Waals surface area contributed by atoms with Gasteiger partial charge in [0.2, 0.25) is 10.0 Å². The molecule has 0 saturated carbocycles. The molecule has 1 aromatic carbocycles. The lowest BCUT2D eigenvalue weighted by atomic mass is 10.1. The zero-order valence-electron chi connectivity index (χ0n) is 12.1. The van der Waals surface area contributed by atoms with Crippen LogP contribution < -0.4 is 10.5 Å². The first-order valence-corrected chi connectivity index (χ1v) is 8.42. The van der Waals surface area contributed by atoms with Gasteiger partial charge in [0, 0.05) is 23.0 Å². The molecule has 0 amide bonds. The van der Waals surface area contributed by atoms with Crippen molar-refractivity contribution >= 4 is 32.4 Å². The predicted molar refractivity (Wildman–Crippen MR) is 86.5 cm³/mol. The van der Waals surface area contributed by atoms with Crippen molar-refractivity contribution in [1.29, 1.82) is 0 Å². The van der Waals surface area contributed by atoms with Gasteiger partial charge in [-0.1, -0.05) is 12.1 Å². The maximum Gasteiger partial charge on any atom is 0.230 e. The number of hydrogen-bond acceptors (Lipinski definition) is 5. The Bertz CT molecular complexity index is 963. The summed E-state index contributed by atoms with van der Waals surface area (Å²) in [5.74, 6) is 0.795. The molecule has 3 rings (SSSR count). The van der Waals surface area contributed by atoms with E-state index in [0.29, 0.717) is 17.3 Å². The molecule has 3 aromatic rings. The third kappa shape index (κ3) is 2.60. The molecule has 2 aromatic heterocycles. The molecule has 0 bridgehead atoms. The van der Waals surface area contributed by atoms with Crippen LogP contribution in [0.4, 0.5) is 11.6 Å². The van der Waals surface area contributed by atoms with Crippen molar-refractivity contribution in [2.75, 3.05) is 16.7 Å². The van der Waals surface area contributed by atoms with E-state index in [1.807, 2.05) is 24.3 Å². The molecule has 0 aliphatic heterocycles. The van der Waals surface area contributed by atoms with E-state index in [1.54, 1.807) is 23.9 Å². The van der Waals surface area contributed by atoms with Crippen molar-refractivity contribution in [3.05, 3.63) is 42.2 Å². The molecule has 8 heteroatoms. The Hall–Kier alpha value is -2.61. The first-order valence-electron chi connectivity index (χ1n) is 6.53. The summed E-state index contributed by atoms with van der Waals surface area (Å²) in [5.41, 5.74) is 7.32. The van der Waals surface area contributed by atoms with Crippen LogP contribution in [0.15, 0.2) is 36.5 Å². The minimum Gasteiger partial charge on any atom is -0.383 e. The molecule has 0 aliphatic rings. The molecule has 22 heavy (non-hydrogen) atoms. The number of rotatable bonds is 3. The Labute approximate surface area is 127 Å². The highest BCUT2D eigenvalue weighted by molar-refractivity contribution is 7.92. The summed E-state index contributed by atoms with van der Waals surface area (Å²) in [6.07, 6.45) is 2.71. The summed E-state index contributed by atoms with van der Waals surface area (Å²) < 4.78 is 27.1. The topological polar surface area (TPSA) is 103 Å². The lowest BCUT2D eigenvalue weighted by Crippen LogP contribution is -2.13. The molecule has 7 nitrogen and oxygen atoms in total. The summed E-state index contributed by atoms with van der Waals surface area (Å²) in [6, 6.07) is 9.03. The van der Waals surface area contributed by atoms with Crippen LogP contribution in [0.1, 0.15) is 5.69 Å². The number of nitrogen functional groups attached to an aromatic ring is 1. The molecule has 0 spiro atoms. The smallest absolute Gasteiger partial charge is 0.230 e. The second kappa shape index (κ2) is 4.99. The summed E-state index contributed by atoms with van der Waals surface area (Å²) >= 11 is 0. The molecular weight excluding hydrogens is 302 g/mol. The Balaban J connectivity index is 2.27. The van der Waals surface area contributed by atoms with Crippen LogP contribution in [0.5, 0.6) is 0 Å². The minimum absolute atomic E-state index is 0.378. The highest BCUT2D eigenvalue weighted by Crippen LogP contribution is 2.27. The van der Waals surface area contributed by atoms with Crippen molar-refractivity contribution in [3.63, 3.8) is 0 Å². The van der Waals surface area contributed by atoms with Gasteiger partial charge in [0.25, 0.3) is 0 Å². The van der Waals surface area contributed by atoms with E-state index in [1.165, 1.54) is 0 Å². The Kier molecular flexibility index (Phi) is 3.25. The van der Waals surface area contributed by atoms with Gasteiger partial charge in [-0.3, -0.25) is 4.72 Å². The Morgan fingerprint density at radius 2 is 2.00 bits per heavy atom. The normalized spacial score (nSPS) is 11.7. The molecule has 0 unspecified atom stereocenters. The van der Waals surface area contributed by atoms with Gasteiger partial charge in [-0.15, -0.1) is 0 Å². The van der Waals surface area contributed by atoms with Crippen molar-refractivity contribution in [1.82, 2.24) is 14.8 Å². The van der Waals surface area contributed by atoms with Crippen LogP contribution in [0.2, 0.25) is 0 Å². The molecule has 0 fully saturated rings. The maximum absolute atomic E-state index is 11.5. The van der Waals surface area contributed by atoms with E-state index in [0.717, 1.165) is 22.7 Å². The fraction of sp³-hybridized carbons (Fsp3) is 0.143. The fourth-order valence-electron chi connectivity index (χ4n) is 2.34. The van der Waals surface area contributed by atoms with Gasteiger partial charge < -0.3 is 5.73 Å². The lowest BCUT2D eigenvalue weighted by molar-refractivity contribution is 0.606. The van der Waals surface area contributed by atoms with Gasteiger partial charge in [-0.05, 0) is 19.1 Å². The molecule has 114 valence electrons. The number of nitrogens with two attached hydrogens (primary N) is 1. The van der Waals surface area contributed by atoms with Crippen molar-refractivity contribution < 1.29 is 8.42 Å². The highest BCUT2D eigenvalue weighted by Gasteiger charge is 2.14. The average molecular weight is 317 g/mol. The van der Waals surface area contributed by atoms with Gasteiger partial charge >= 0.3 is 0 Å². The van der Waals surface area contributed by atoms with E-state index in [9.17, 15) is 8.42 Å². The molecule has 3 N–H and O–H groups in total. The summed E-state index contributed by atoms with van der Waals surface area (Å²) in [4.78, 5) is 4.07. The van der Waals surface area contributed by atoms with Crippen LogP contribution in [0, 0.1) is 6.92 Å². The predicted octanol–water partition coefficient (Wildman–Crippen LogP) is 1.68. The van der Waals surface area contributed by atoms with E-state index in [4.69, 9.17) is 5.73 Å². The highest BCUT2D eigenvalue weighted by atomic mass is 32.2. The van der Waals surface area contributed by atoms with E-state index < -0.39 is 10.0 Å². The van der Waals surface area contributed by atoms with Gasteiger partial charge in [-0.2, -0.15) is 5.10 Å². The van der Waals surface area contributed by atoms with E-state index >= 15 is 0 Å². The molecular formula is C14H15N5O2S. The van der Waals surface area contributed by atoms with Gasteiger partial charge in [0.1, 0.15) is 11.6 Å². The van der Waals surface area contributed by atoms with Crippen molar-refractivity contribution in [2.24, 2.45) is 0 Å². The van der Waals surface area contributed by atoms with Gasteiger partial charge in [0.15, 0.2) is 0 Å². The van der Waals surface area contributed by atoms with E-state index in [2.05, 4.69) is 14.8 Å². The first kappa shape index (κ1) is 14.3. The number of nitrogens with zero attached hydrogens (tertiary/aromatic N) is 3. The second-order valence-corrected chi connectivity index (χ2v) is 6.77. The summed E-state index contributed by atoms with van der Waals surface area (Å²) in [5, 5.41) is 6.01. The van der Waals surface area contributed by atoms with Crippen LogP contribution >= 0.6 is 0 Å². The summed E-state index contributed by atoms with van der Waals surface area (Å²) in [7, 11) is -3.40. The minimum atomic E-state index is -3.40. The number of aryl methyl sites for hydroxylation is 1. The van der Waals surface area contributed by atoms with Crippen LogP contribution in [0.3, 0.4) is 0 Å². The monoisotopic (exact) mass is 317 g/mol. The second-order valence-electron chi connectivity index (χ2n) is 5.03. The van der Waals surface area contributed by atoms with Crippen molar-refractivity contribution in [2.45, 2.75) is 6.92 Å². The fourth-order valence-corrected chi connectivity index (χ4v) is 2.87. The number of fused-ring (bicyclic) bond motifs is 1. The average Bonchev–Trinajstić information content (AvgIpc) is 2.77. The summed E-state index contributed by atoms with van der Waals surface area (Å²) in [6.45, 7) is 1.80.